The van der Waals surface area contributed by atoms with Crippen molar-refractivity contribution >= 4 is 31.3 Å². The molecule has 88 valence electrons. The Balaban J connectivity index is 4.03. The molecule has 0 radical (unpaired) electrons. The number of carbonyl (C=O) groups excluding carboxylic acids is 2. The lowest BCUT2D eigenvalue weighted by Gasteiger charge is -2.29. The Morgan fingerprint density at radius 1 is 1.27 bits per heavy atom. The maximum atomic E-state index is 10.3. The zero-order valence-corrected chi connectivity index (χ0v) is 9.12. The third-order valence-electron chi connectivity index (χ3n) is 1.31. The molecular formula is C6H7O7PS-4. The normalized spacial score (nSPS) is 13.5. The lowest BCUT2D eigenvalue weighted by molar-refractivity contribution is -0.319. The van der Waals surface area contributed by atoms with Crippen LogP contribution in [0.15, 0.2) is 0 Å². The van der Waals surface area contributed by atoms with Crippen LogP contribution in [0.25, 0.3) is 0 Å². The zero-order chi connectivity index (χ0) is 12.1. The van der Waals surface area contributed by atoms with Crippen molar-refractivity contribution in [3.05, 3.63) is 0 Å². The summed E-state index contributed by atoms with van der Waals surface area (Å²) in [6.07, 6.45) is -0.767. The van der Waals surface area contributed by atoms with Gasteiger partial charge < -0.3 is 34.2 Å². The van der Waals surface area contributed by atoms with E-state index in [-0.39, 0.29) is 5.75 Å². The van der Waals surface area contributed by atoms with Crippen LogP contribution in [-0.4, -0.2) is 23.2 Å². The Labute approximate surface area is 89.6 Å². The van der Waals surface area contributed by atoms with Gasteiger partial charge in [-0.1, -0.05) is 7.60 Å². The zero-order valence-electron chi connectivity index (χ0n) is 7.41. The summed E-state index contributed by atoms with van der Waals surface area (Å²) in [6.45, 7) is 0. The van der Waals surface area contributed by atoms with Gasteiger partial charge in [-0.3, -0.25) is 0 Å². The largest absolute Gasteiger partial charge is 0.810 e. The van der Waals surface area contributed by atoms with Gasteiger partial charge >= 0.3 is 0 Å². The Hall–Kier alpha value is -0.560. The van der Waals surface area contributed by atoms with Gasteiger partial charge in [0.15, 0.2) is 0 Å². The van der Waals surface area contributed by atoms with Crippen LogP contribution in [-0.2, 0) is 14.2 Å². The minimum absolute atomic E-state index is 0.315. The fourth-order valence-corrected chi connectivity index (χ4v) is 2.57. The second-order valence-electron chi connectivity index (χ2n) is 2.70. The molecule has 0 aliphatic rings. The molecule has 0 heterocycles. The summed E-state index contributed by atoms with van der Waals surface area (Å²) in [5.41, 5.74) is -0.774. The van der Waals surface area contributed by atoms with Crippen LogP contribution >= 0.6 is 19.4 Å². The second-order valence-corrected chi connectivity index (χ2v) is 5.70. The molecular weight excluding hydrogens is 247 g/mol. The van der Waals surface area contributed by atoms with Gasteiger partial charge in [0.25, 0.3) is 0 Å². The molecule has 0 fully saturated rings. The predicted octanol–water partition coefficient (Wildman–Crippen LogP) is -3.90. The van der Waals surface area contributed by atoms with Crippen molar-refractivity contribution in [1.29, 1.82) is 0 Å². The van der Waals surface area contributed by atoms with Gasteiger partial charge in [-0.15, -0.1) is 0 Å². The minimum atomic E-state index is -4.70. The van der Waals surface area contributed by atoms with Crippen molar-refractivity contribution < 1.29 is 34.2 Å². The lowest BCUT2D eigenvalue weighted by atomic mass is 10.1. The highest BCUT2D eigenvalue weighted by atomic mass is 32.2. The first-order chi connectivity index (χ1) is 6.72. The van der Waals surface area contributed by atoms with Gasteiger partial charge in [0.2, 0.25) is 0 Å². The van der Waals surface area contributed by atoms with Crippen molar-refractivity contribution in [2.75, 3.05) is 11.2 Å². The molecule has 0 saturated heterocycles. The van der Waals surface area contributed by atoms with E-state index in [1.807, 2.05) is 0 Å². The van der Waals surface area contributed by atoms with Gasteiger partial charge in [-0.2, -0.15) is 11.8 Å². The summed E-state index contributed by atoms with van der Waals surface area (Å²) in [5.74, 6) is -4.85. The molecule has 0 saturated carbocycles. The third-order valence-corrected chi connectivity index (χ3v) is 3.95. The first kappa shape index (κ1) is 14.4. The van der Waals surface area contributed by atoms with Crippen molar-refractivity contribution in [2.24, 2.45) is 5.92 Å². The van der Waals surface area contributed by atoms with Gasteiger partial charge in [0, 0.05) is 29.1 Å². The minimum Gasteiger partial charge on any atom is -0.810 e. The van der Waals surface area contributed by atoms with Crippen LogP contribution in [0.3, 0.4) is 0 Å². The van der Waals surface area contributed by atoms with Gasteiger partial charge in [0.1, 0.15) is 0 Å². The second kappa shape index (κ2) is 6.12. The molecule has 0 aromatic heterocycles. The summed E-state index contributed by atoms with van der Waals surface area (Å²) in [7, 11) is -4.70. The van der Waals surface area contributed by atoms with E-state index in [0.717, 1.165) is 0 Å². The number of thioether (sulfide) groups is 1. The summed E-state index contributed by atoms with van der Waals surface area (Å²) >= 11 is 0.539. The molecule has 0 aromatic rings. The molecule has 0 rings (SSSR count). The van der Waals surface area contributed by atoms with E-state index < -0.39 is 37.4 Å². The molecule has 0 aromatic carbocycles. The average Bonchev–Trinajstić information content (AvgIpc) is 1.99. The summed E-state index contributed by atoms with van der Waals surface area (Å²) in [5, 5.41) is 20.4. The summed E-state index contributed by atoms with van der Waals surface area (Å²) in [4.78, 5) is 40.8. The van der Waals surface area contributed by atoms with E-state index >= 15 is 0 Å². The highest BCUT2D eigenvalue weighted by molar-refractivity contribution is 8.04. The lowest BCUT2D eigenvalue weighted by Crippen LogP contribution is -2.37. The topological polar surface area (TPSA) is 143 Å². The molecule has 1 unspecified atom stereocenters. The molecule has 9 heteroatoms. The molecule has 0 amide bonds. The maximum absolute atomic E-state index is 10.3. The molecule has 0 aliphatic carbocycles. The van der Waals surface area contributed by atoms with Crippen LogP contribution in [0.2, 0.25) is 0 Å². The molecule has 0 bridgehead atoms. The van der Waals surface area contributed by atoms with Crippen LogP contribution in [0, 0.1) is 5.92 Å². The molecule has 15 heavy (non-hydrogen) atoms. The molecule has 0 spiro atoms. The van der Waals surface area contributed by atoms with E-state index in [1.54, 1.807) is 0 Å². The van der Waals surface area contributed by atoms with Crippen molar-refractivity contribution in [3.8, 4) is 0 Å². The van der Waals surface area contributed by atoms with Crippen LogP contribution < -0.4 is 20.0 Å². The Morgan fingerprint density at radius 2 is 1.80 bits per heavy atom. The quantitative estimate of drug-likeness (QED) is 0.419. The Kier molecular flexibility index (Phi) is 5.89. The smallest absolute Gasteiger partial charge is 0.0457 e. The van der Waals surface area contributed by atoms with Crippen LogP contribution in [0.5, 0.6) is 0 Å². The van der Waals surface area contributed by atoms with Crippen molar-refractivity contribution in [1.82, 2.24) is 0 Å². The fourth-order valence-electron chi connectivity index (χ4n) is 0.718. The summed E-state index contributed by atoms with van der Waals surface area (Å²) < 4.78 is 10.2. The van der Waals surface area contributed by atoms with Crippen molar-refractivity contribution in [3.63, 3.8) is 0 Å². The number of hydrogen-bond acceptors (Lipinski definition) is 8. The highest BCUT2D eigenvalue weighted by Gasteiger charge is 2.10. The van der Waals surface area contributed by atoms with Gasteiger partial charge in [-0.05, 0) is 6.42 Å². The highest BCUT2D eigenvalue weighted by Crippen LogP contribution is 2.30. The number of hydrogen-bond donors (Lipinski definition) is 0. The average molecular weight is 254 g/mol. The Bertz CT molecular complexity index is 285. The van der Waals surface area contributed by atoms with E-state index in [4.69, 9.17) is 0 Å². The number of carboxylic acids is 2. The van der Waals surface area contributed by atoms with Crippen molar-refractivity contribution in [2.45, 2.75) is 6.42 Å². The fraction of sp³-hybridized carbons (Fsp3) is 0.667. The number of carbonyl (C=O) groups is 2. The number of carboxylic acid groups (broad SMARTS) is 2. The number of aliphatic carboxylic acids is 2. The van der Waals surface area contributed by atoms with E-state index in [0.29, 0.717) is 11.8 Å². The monoisotopic (exact) mass is 254 g/mol. The molecule has 7 nitrogen and oxygen atoms in total. The molecule has 0 aliphatic heterocycles. The van der Waals surface area contributed by atoms with Gasteiger partial charge in [-0.25, -0.2) is 0 Å². The molecule has 1 atom stereocenters. The van der Waals surface area contributed by atoms with Gasteiger partial charge in [0.05, 0.1) is 0 Å². The predicted molar refractivity (Wildman–Crippen MR) is 43.1 cm³/mol. The summed E-state index contributed by atoms with van der Waals surface area (Å²) in [6, 6.07) is 0. The number of rotatable bonds is 7. The standard InChI is InChI=1S/C6H11O7PS/c7-5(8)1-4(6(9)10)2-15-3-14(11,12)13/h4H,1-3H2,(H,7,8)(H,9,10)(H2,11,12,13)/p-4. The molecule has 0 N–H and O–H groups in total. The van der Waals surface area contributed by atoms with E-state index in [1.165, 1.54) is 0 Å². The third kappa shape index (κ3) is 8.44. The van der Waals surface area contributed by atoms with E-state index in [2.05, 4.69) is 0 Å². The van der Waals surface area contributed by atoms with Crippen LogP contribution in [0.1, 0.15) is 6.42 Å². The first-order valence-corrected chi connectivity index (χ1v) is 6.60. The van der Waals surface area contributed by atoms with Crippen LogP contribution in [0.4, 0.5) is 0 Å². The van der Waals surface area contributed by atoms with E-state index in [9.17, 15) is 34.2 Å². The Morgan fingerprint density at radius 3 is 2.13 bits per heavy atom. The first-order valence-electron chi connectivity index (χ1n) is 3.72. The maximum Gasteiger partial charge on any atom is 0.0457 e. The SMILES string of the molecule is O=C([O-])CC(CSCP(=O)([O-])[O-])C(=O)[O-].